The van der Waals surface area contributed by atoms with Crippen LogP contribution in [0.15, 0.2) is 10.5 Å². The van der Waals surface area contributed by atoms with E-state index < -0.39 is 0 Å². The smallest absolute Gasteiger partial charge is 0.145 e. The summed E-state index contributed by atoms with van der Waals surface area (Å²) in [7, 11) is 5.35. The largest absolute Gasteiger partial charge is 0.494 e. The topological polar surface area (TPSA) is 45.3 Å². The van der Waals surface area contributed by atoms with Gasteiger partial charge in [0.1, 0.15) is 11.4 Å². The van der Waals surface area contributed by atoms with E-state index in [9.17, 15) is 0 Å². The number of methoxy groups -OCH3 is 1. The number of hydrazine groups is 1. The summed E-state index contributed by atoms with van der Waals surface area (Å²) in [4.78, 5) is 0. The summed E-state index contributed by atoms with van der Waals surface area (Å²) in [5.74, 6) is 0.799. The van der Waals surface area contributed by atoms with E-state index in [4.69, 9.17) is 4.74 Å². The normalized spacial score (nSPS) is 9.93. The molecule has 0 saturated carbocycles. The molecule has 0 aliphatic heterocycles. The summed E-state index contributed by atoms with van der Waals surface area (Å²) < 4.78 is 6.31. The fraction of sp³-hybridized carbons (Fsp3) is 0.400. The number of nitrogens with one attached hydrogen (secondary N) is 3. The lowest BCUT2D eigenvalue weighted by atomic mass is 10.1. The summed E-state index contributed by atoms with van der Waals surface area (Å²) in [5, 5.41) is 3.12. The molecule has 0 spiro atoms. The first-order valence-electron chi connectivity index (χ1n) is 4.63. The van der Waals surface area contributed by atoms with Crippen LogP contribution < -0.4 is 20.9 Å². The minimum absolute atomic E-state index is 0.799. The maximum atomic E-state index is 5.30. The molecule has 15 heavy (non-hydrogen) atoms. The minimum atomic E-state index is 0.799. The van der Waals surface area contributed by atoms with Crippen molar-refractivity contribution in [1.82, 2.24) is 5.43 Å². The van der Waals surface area contributed by atoms with E-state index >= 15 is 0 Å². The molecule has 0 atom stereocenters. The van der Waals surface area contributed by atoms with E-state index in [0.717, 1.165) is 27.2 Å². The Hall–Kier alpha value is -0.940. The SMILES string of the molecule is CNNc1c(C)c(Br)cc(OC)c1NC. The van der Waals surface area contributed by atoms with Crippen LogP contribution in [0.25, 0.3) is 0 Å². The Morgan fingerprint density at radius 2 is 1.93 bits per heavy atom. The van der Waals surface area contributed by atoms with E-state index in [1.165, 1.54) is 0 Å². The highest BCUT2D eigenvalue weighted by molar-refractivity contribution is 9.10. The molecule has 5 heteroatoms. The van der Waals surface area contributed by atoms with Gasteiger partial charge in [-0.2, -0.15) is 0 Å². The Balaban J connectivity index is 3.35. The van der Waals surface area contributed by atoms with E-state index in [-0.39, 0.29) is 0 Å². The van der Waals surface area contributed by atoms with Crippen LogP contribution in [0.5, 0.6) is 5.75 Å². The van der Waals surface area contributed by atoms with Crippen molar-refractivity contribution in [2.24, 2.45) is 0 Å². The van der Waals surface area contributed by atoms with Gasteiger partial charge in [-0.1, -0.05) is 15.9 Å². The number of rotatable bonds is 4. The van der Waals surface area contributed by atoms with Gasteiger partial charge >= 0.3 is 0 Å². The van der Waals surface area contributed by atoms with Gasteiger partial charge in [0.05, 0.1) is 12.8 Å². The predicted octanol–water partition coefficient (Wildman–Crippen LogP) is 2.35. The first kappa shape index (κ1) is 12.1. The first-order chi connectivity index (χ1) is 7.15. The molecule has 0 heterocycles. The summed E-state index contributed by atoms with van der Waals surface area (Å²) in [6.45, 7) is 2.03. The third-order valence-corrected chi connectivity index (χ3v) is 3.03. The summed E-state index contributed by atoms with van der Waals surface area (Å²) >= 11 is 3.50. The van der Waals surface area contributed by atoms with Crippen molar-refractivity contribution >= 4 is 27.3 Å². The van der Waals surface area contributed by atoms with Crippen molar-refractivity contribution < 1.29 is 4.74 Å². The molecule has 4 nitrogen and oxygen atoms in total. The molecule has 0 saturated heterocycles. The molecular formula is C10H16BrN3O. The highest BCUT2D eigenvalue weighted by atomic mass is 79.9. The van der Waals surface area contributed by atoms with Gasteiger partial charge in [-0.05, 0) is 18.6 Å². The molecule has 0 aliphatic carbocycles. The van der Waals surface area contributed by atoms with E-state index in [2.05, 4.69) is 32.1 Å². The lowest BCUT2D eigenvalue weighted by Gasteiger charge is -2.18. The highest BCUT2D eigenvalue weighted by Crippen LogP contribution is 2.39. The third kappa shape index (κ3) is 2.35. The molecule has 0 fully saturated rings. The summed E-state index contributed by atoms with van der Waals surface area (Å²) in [6.07, 6.45) is 0. The van der Waals surface area contributed by atoms with Crippen LogP contribution in [0, 0.1) is 6.92 Å². The molecular weight excluding hydrogens is 258 g/mol. The zero-order valence-corrected chi connectivity index (χ0v) is 10.9. The molecule has 0 radical (unpaired) electrons. The fourth-order valence-electron chi connectivity index (χ4n) is 1.42. The predicted molar refractivity (Wildman–Crippen MR) is 67.7 cm³/mol. The lowest BCUT2D eigenvalue weighted by Crippen LogP contribution is -2.17. The molecule has 0 unspecified atom stereocenters. The van der Waals surface area contributed by atoms with Crippen LogP contribution in [0.4, 0.5) is 11.4 Å². The van der Waals surface area contributed by atoms with Crippen LogP contribution in [-0.4, -0.2) is 21.2 Å². The number of hydrogen-bond acceptors (Lipinski definition) is 4. The Labute approximate surface area is 98.5 Å². The van der Waals surface area contributed by atoms with Crippen LogP contribution in [0.3, 0.4) is 0 Å². The van der Waals surface area contributed by atoms with Gasteiger partial charge in [-0.15, -0.1) is 0 Å². The third-order valence-electron chi connectivity index (χ3n) is 2.21. The van der Waals surface area contributed by atoms with Gasteiger partial charge in [-0.25, -0.2) is 5.43 Å². The maximum absolute atomic E-state index is 5.30. The van der Waals surface area contributed by atoms with E-state index in [1.54, 1.807) is 7.11 Å². The molecule has 1 aromatic carbocycles. The average Bonchev–Trinajstić information content (AvgIpc) is 2.24. The number of benzene rings is 1. The second-order valence-electron chi connectivity index (χ2n) is 3.06. The zero-order chi connectivity index (χ0) is 11.4. The Kier molecular flexibility index (Phi) is 4.23. The second-order valence-corrected chi connectivity index (χ2v) is 3.91. The van der Waals surface area contributed by atoms with E-state index in [0.29, 0.717) is 0 Å². The minimum Gasteiger partial charge on any atom is -0.494 e. The molecule has 0 amide bonds. The molecule has 84 valence electrons. The molecule has 1 aromatic rings. The molecule has 0 bridgehead atoms. The Morgan fingerprint density at radius 1 is 1.27 bits per heavy atom. The molecule has 0 aliphatic rings. The van der Waals surface area contributed by atoms with Crippen LogP contribution in [-0.2, 0) is 0 Å². The van der Waals surface area contributed by atoms with Crippen LogP contribution in [0.1, 0.15) is 5.56 Å². The van der Waals surface area contributed by atoms with Crippen molar-refractivity contribution in [3.63, 3.8) is 0 Å². The molecule has 3 N–H and O–H groups in total. The van der Waals surface area contributed by atoms with Crippen molar-refractivity contribution in [2.45, 2.75) is 6.92 Å². The number of hydrogen-bond donors (Lipinski definition) is 3. The van der Waals surface area contributed by atoms with Crippen LogP contribution in [0.2, 0.25) is 0 Å². The quantitative estimate of drug-likeness (QED) is 0.737. The highest BCUT2D eigenvalue weighted by Gasteiger charge is 2.13. The van der Waals surface area contributed by atoms with Gasteiger partial charge in [-0.3, -0.25) is 0 Å². The lowest BCUT2D eigenvalue weighted by molar-refractivity contribution is 0.416. The molecule has 1 rings (SSSR count). The Morgan fingerprint density at radius 3 is 2.40 bits per heavy atom. The van der Waals surface area contributed by atoms with Crippen molar-refractivity contribution in [2.75, 3.05) is 31.9 Å². The zero-order valence-electron chi connectivity index (χ0n) is 9.36. The standard InChI is InChI=1S/C10H16BrN3O/c1-6-7(11)5-8(15-4)10(12-2)9(6)14-13-3/h5,12-14H,1-4H3. The van der Waals surface area contributed by atoms with Crippen molar-refractivity contribution in [1.29, 1.82) is 0 Å². The second kappa shape index (κ2) is 5.23. The van der Waals surface area contributed by atoms with Gasteiger partial charge < -0.3 is 15.5 Å². The van der Waals surface area contributed by atoms with Gasteiger partial charge in [0.2, 0.25) is 0 Å². The first-order valence-corrected chi connectivity index (χ1v) is 5.42. The monoisotopic (exact) mass is 273 g/mol. The van der Waals surface area contributed by atoms with E-state index in [1.807, 2.05) is 27.1 Å². The van der Waals surface area contributed by atoms with Gasteiger partial charge in [0.25, 0.3) is 0 Å². The van der Waals surface area contributed by atoms with Gasteiger partial charge in [0.15, 0.2) is 0 Å². The molecule has 0 aromatic heterocycles. The van der Waals surface area contributed by atoms with Crippen LogP contribution >= 0.6 is 15.9 Å². The summed E-state index contributed by atoms with van der Waals surface area (Å²) in [6, 6.07) is 1.95. The van der Waals surface area contributed by atoms with Gasteiger partial charge in [0, 0.05) is 18.6 Å². The number of ether oxygens (including phenoxy) is 1. The average molecular weight is 274 g/mol. The number of anilines is 2. The number of halogens is 1. The Bertz CT molecular complexity index is 355. The maximum Gasteiger partial charge on any atom is 0.145 e. The van der Waals surface area contributed by atoms with Crippen molar-refractivity contribution in [3.8, 4) is 5.75 Å². The fourth-order valence-corrected chi connectivity index (χ4v) is 1.82. The van der Waals surface area contributed by atoms with Crippen molar-refractivity contribution in [3.05, 3.63) is 16.1 Å². The summed E-state index contributed by atoms with van der Waals surface area (Å²) in [5.41, 5.74) is 9.04.